The van der Waals surface area contributed by atoms with E-state index >= 15 is 0 Å². The summed E-state index contributed by atoms with van der Waals surface area (Å²) in [6.07, 6.45) is 4.41. The Bertz CT molecular complexity index is 468. The Morgan fingerprint density at radius 1 is 1.29 bits per heavy atom. The molecule has 17 heavy (non-hydrogen) atoms. The van der Waals surface area contributed by atoms with Gasteiger partial charge in [0, 0.05) is 6.20 Å². The van der Waals surface area contributed by atoms with Gasteiger partial charge in [-0.3, -0.25) is 0 Å². The maximum Gasteiger partial charge on any atom is 0.115 e. The van der Waals surface area contributed by atoms with E-state index in [1.165, 1.54) is 11.1 Å². The predicted molar refractivity (Wildman–Crippen MR) is 68.8 cm³/mol. The molecule has 1 N–H and O–H groups in total. The third-order valence-corrected chi connectivity index (χ3v) is 2.88. The number of nitrogens with zero attached hydrogens (tertiary/aromatic N) is 2. The van der Waals surface area contributed by atoms with E-state index in [1.54, 1.807) is 12.5 Å². The molecule has 0 radical (unpaired) electrons. The zero-order chi connectivity index (χ0) is 12.1. The zero-order valence-electron chi connectivity index (χ0n) is 10.2. The highest BCUT2D eigenvalue weighted by atomic mass is 14.9. The molecule has 88 valence electrons. The Balaban J connectivity index is 2.35. The molecule has 2 aromatic rings. The summed E-state index contributed by atoms with van der Waals surface area (Å²) in [6, 6.07) is 10.7. The molecule has 1 atom stereocenters. The SMILES string of the molecule is CCc1cccc(C(NC)c2ccncn2)c1. The normalized spacial score (nSPS) is 12.4. The van der Waals surface area contributed by atoms with Crippen LogP contribution in [0, 0.1) is 0 Å². The van der Waals surface area contributed by atoms with Gasteiger partial charge in [0.15, 0.2) is 0 Å². The van der Waals surface area contributed by atoms with Crippen LogP contribution < -0.4 is 5.32 Å². The highest BCUT2D eigenvalue weighted by molar-refractivity contribution is 5.31. The number of nitrogens with one attached hydrogen (secondary N) is 1. The topological polar surface area (TPSA) is 37.8 Å². The van der Waals surface area contributed by atoms with Gasteiger partial charge in [0.25, 0.3) is 0 Å². The van der Waals surface area contributed by atoms with E-state index in [2.05, 4.69) is 46.5 Å². The molecule has 3 heteroatoms. The summed E-state index contributed by atoms with van der Waals surface area (Å²) in [4.78, 5) is 8.26. The number of rotatable bonds is 4. The number of aromatic nitrogens is 2. The van der Waals surface area contributed by atoms with Crippen LogP contribution in [0.5, 0.6) is 0 Å². The lowest BCUT2D eigenvalue weighted by Gasteiger charge is -2.16. The zero-order valence-corrected chi connectivity index (χ0v) is 10.2. The minimum atomic E-state index is 0.129. The van der Waals surface area contributed by atoms with Crippen molar-refractivity contribution in [2.24, 2.45) is 0 Å². The summed E-state index contributed by atoms with van der Waals surface area (Å²) in [5, 5.41) is 3.30. The molecule has 3 nitrogen and oxygen atoms in total. The number of aryl methyl sites for hydroxylation is 1. The van der Waals surface area contributed by atoms with E-state index in [1.807, 2.05) is 13.1 Å². The standard InChI is InChI=1S/C14H17N3/c1-3-11-5-4-6-12(9-11)14(15-2)13-7-8-16-10-17-13/h4-10,14-15H,3H2,1-2H3. The van der Waals surface area contributed by atoms with Gasteiger partial charge >= 0.3 is 0 Å². The second-order valence-electron chi connectivity index (χ2n) is 3.95. The Labute approximate surface area is 102 Å². The lowest BCUT2D eigenvalue weighted by Crippen LogP contribution is -2.19. The molecule has 0 aliphatic heterocycles. The molecule has 0 fully saturated rings. The largest absolute Gasteiger partial charge is 0.308 e. The van der Waals surface area contributed by atoms with Crippen molar-refractivity contribution in [1.29, 1.82) is 0 Å². The van der Waals surface area contributed by atoms with Crippen LogP contribution in [0.25, 0.3) is 0 Å². The van der Waals surface area contributed by atoms with Crippen LogP contribution in [0.1, 0.15) is 29.8 Å². The second kappa shape index (κ2) is 5.55. The van der Waals surface area contributed by atoms with Gasteiger partial charge in [0.1, 0.15) is 6.33 Å². The fourth-order valence-corrected chi connectivity index (χ4v) is 1.95. The third-order valence-electron chi connectivity index (χ3n) is 2.88. The first kappa shape index (κ1) is 11.7. The van der Waals surface area contributed by atoms with E-state index in [0.717, 1.165) is 12.1 Å². The molecule has 1 unspecified atom stereocenters. The minimum absolute atomic E-state index is 0.129. The van der Waals surface area contributed by atoms with Gasteiger partial charge in [0.05, 0.1) is 11.7 Å². The molecule has 0 aliphatic rings. The Hall–Kier alpha value is -1.74. The molecule has 0 amide bonds. The van der Waals surface area contributed by atoms with E-state index in [-0.39, 0.29) is 6.04 Å². The van der Waals surface area contributed by atoms with Gasteiger partial charge in [-0.05, 0) is 30.7 Å². The van der Waals surface area contributed by atoms with Crippen LogP contribution >= 0.6 is 0 Å². The first-order valence-electron chi connectivity index (χ1n) is 5.87. The van der Waals surface area contributed by atoms with Crippen molar-refractivity contribution in [1.82, 2.24) is 15.3 Å². The number of benzene rings is 1. The molecule has 0 saturated heterocycles. The van der Waals surface area contributed by atoms with Gasteiger partial charge in [0.2, 0.25) is 0 Å². The highest BCUT2D eigenvalue weighted by Crippen LogP contribution is 2.20. The van der Waals surface area contributed by atoms with Gasteiger partial charge in [-0.2, -0.15) is 0 Å². The first-order valence-corrected chi connectivity index (χ1v) is 5.87. The maximum absolute atomic E-state index is 4.31. The summed E-state index contributed by atoms with van der Waals surface area (Å²) >= 11 is 0. The van der Waals surface area contributed by atoms with E-state index in [4.69, 9.17) is 0 Å². The lowest BCUT2D eigenvalue weighted by atomic mass is 10.0. The van der Waals surface area contributed by atoms with Crippen LogP contribution in [0.2, 0.25) is 0 Å². The number of hydrogen-bond donors (Lipinski definition) is 1. The van der Waals surface area contributed by atoms with Crippen molar-refractivity contribution < 1.29 is 0 Å². The molecule has 0 bridgehead atoms. The number of hydrogen-bond acceptors (Lipinski definition) is 3. The molecule has 0 saturated carbocycles. The maximum atomic E-state index is 4.31. The molecular formula is C14H17N3. The van der Waals surface area contributed by atoms with Crippen LogP contribution in [0.4, 0.5) is 0 Å². The molecule has 1 aromatic heterocycles. The Kier molecular flexibility index (Phi) is 3.83. The summed E-state index contributed by atoms with van der Waals surface area (Å²) in [5.74, 6) is 0. The first-order chi connectivity index (χ1) is 8.35. The van der Waals surface area contributed by atoms with E-state index in [9.17, 15) is 0 Å². The predicted octanol–water partition coefficient (Wildman–Crippen LogP) is 2.35. The van der Waals surface area contributed by atoms with Crippen LogP contribution in [0.3, 0.4) is 0 Å². The molecular weight excluding hydrogens is 210 g/mol. The van der Waals surface area contributed by atoms with Gasteiger partial charge in [-0.15, -0.1) is 0 Å². The average Bonchev–Trinajstić information content (AvgIpc) is 2.41. The second-order valence-corrected chi connectivity index (χ2v) is 3.95. The molecule has 1 aromatic carbocycles. The van der Waals surface area contributed by atoms with E-state index in [0.29, 0.717) is 0 Å². The van der Waals surface area contributed by atoms with E-state index < -0.39 is 0 Å². The smallest absolute Gasteiger partial charge is 0.115 e. The van der Waals surface area contributed by atoms with Crippen LogP contribution in [0.15, 0.2) is 42.9 Å². The molecule has 2 rings (SSSR count). The van der Waals surface area contributed by atoms with Crippen molar-refractivity contribution in [2.45, 2.75) is 19.4 Å². The van der Waals surface area contributed by atoms with Crippen molar-refractivity contribution in [3.8, 4) is 0 Å². The van der Waals surface area contributed by atoms with Crippen molar-refractivity contribution in [2.75, 3.05) is 7.05 Å². The molecule has 0 aliphatic carbocycles. The molecule has 1 heterocycles. The fourth-order valence-electron chi connectivity index (χ4n) is 1.95. The van der Waals surface area contributed by atoms with Crippen LogP contribution in [-0.4, -0.2) is 17.0 Å². The van der Waals surface area contributed by atoms with Crippen LogP contribution in [-0.2, 0) is 6.42 Å². The van der Waals surface area contributed by atoms with Gasteiger partial charge in [-0.1, -0.05) is 31.2 Å². The fraction of sp³-hybridized carbons (Fsp3) is 0.286. The van der Waals surface area contributed by atoms with Gasteiger partial charge < -0.3 is 5.32 Å². The molecule has 0 spiro atoms. The van der Waals surface area contributed by atoms with Crippen molar-refractivity contribution >= 4 is 0 Å². The summed E-state index contributed by atoms with van der Waals surface area (Å²) < 4.78 is 0. The van der Waals surface area contributed by atoms with Crippen molar-refractivity contribution in [3.05, 3.63) is 59.7 Å². The summed E-state index contributed by atoms with van der Waals surface area (Å²) in [5.41, 5.74) is 3.58. The monoisotopic (exact) mass is 227 g/mol. The van der Waals surface area contributed by atoms with Gasteiger partial charge in [-0.25, -0.2) is 9.97 Å². The Morgan fingerprint density at radius 3 is 2.82 bits per heavy atom. The summed E-state index contributed by atoms with van der Waals surface area (Å²) in [6.45, 7) is 2.16. The quantitative estimate of drug-likeness (QED) is 0.871. The Morgan fingerprint density at radius 2 is 2.18 bits per heavy atom. The summed E-state index contributed by atoms with van der Waals surface area (Å²) in [7, 11) is 1.95. The van der Waals surface area contributed by atoms with Crippen molar-refractivity contribution in [3.63, 3.8) is 0 Å². The third kappa shape index (κ3) is 2.68. The lowest BCUT2D eigenvalue weighted by molar-refractivity contribution is 0.667. The minimum Gasteiger partial charge on any atom is -0.308 e. The highest BCUT2D eigenvalue weighted by Gasteiger charge is 2.12. The average molecular weight is 227 g/mol.